The van der Waals surface area contributed by atoms with Gasteiger partial charge in [0, 0.05) is 29.8 Å². The molecule has 0 saturated carbocycles. The van der Waals surface area contributed by atoms with E-state index in [0.717, 1.165) is 0 Å². The Kier molecular flexibility index (Phi) is 3.69. The Bertz CT molecular complexity index is 751. The van der Waals surface area contributed by atoms with Gasteiger partial charge in [0.15, 0.2) is 0 Å². The summed E-state index contributed by atoms with van der Waals surface area (Å²) in [6.07, 6.45) is 1.38. The number of benzene rings is 1. The summed E-state index contributed by atoms with van der Waals surface area (Å²) in [6, 6.07) is 4.09. The van der Waals surface area contributed by atoms with Crippen molar-refractivity contribution in [2.45, 2.75) is 17.9 Å². The van der Waals surface area contributed by atoms with Crippen LogP contribution >= 0.6 is 0 Å². The number of rotatable bonds is 4. The number of fused-ring (bicyclic) bond motifs is 1. The fourth-order valence-electron chi connectivity index (χ4n) is 1.90. The zero-order valence-electron chi connectivity index (χ0n) is 11.1. The molecule has 0 saturated heterocycles. The fraction of sp³-hybridized carbons (Fsp3) is 0.250. The van der Waals surface area contributed by atoms with Crippen molar-refractivity contribution in [2.75, 3.05) is 12.8 Å². The van der Waals surface area contributed by atoms with Gasteiger partial charge in [-0.25, -0.2) is 8.42 Å². The van der Waals surface area contributed by atoms with Crippen molar-refractivity contribution in [3.63, 3.8) is 0 Å². The molecule has 2 aromatic rings. The number of sulfonamides is 1. The van der Waals surface area contributed by atoms with Crippen LogP contribution in [0.4, 0.5) is 5.69 Å². The lowest BCUT2D eigenvalue weighted by molar-refractivity contribution is -0.121. The maximum Gasteiger partial charge on any atom is 0.243 e. The van der Waals surface area contributed by atoms with E-state index in [1.54, 1.807) is 18.2 Å². The molecule has 0 fully saturated rings. The van der Waals surface area contributed by atoms with E-state index >= 15 is 0 Å². The maximum absolute atomic E-state index is 12.3. The van der Waals surface area contributed by atoms with Crippen LogP contribution in [0.15, 0.2) is 29.3 Å². The summed E-state index contributed by atoms with van der Waals surface area (Å²) in [5.74, 6) is -0.409. The Morgan fingerprint density at radius 1 is 1.40 bits per heavy atom. The molecule has 0 aliphatic rings. The summed E-state index contributed by atoms with van der Waals surface area (Å²) < 4.78 is 26.9. The first-order chi connectivity index (χ1) is 9.35. The molecule has 0 radical (unpaired) electrons. The highest BCUT2D eigenvalue weighted by Crippen LogP contribution is 2.24. The van der Waals surface area contributed by atoms with Gasteiger partial charge in [0.25, 0.3) is 0 Å². The lowest BCUT2D eigenvalue weighted by atomic mass is 10.2. The lowest BCUT2D eigenvalue weighted by Gasteiger charge is -2.12. The third kappa shape index (κ3) is 2.61. The highest BCUT2D eigenvalue weighted by atomic mass is 32.2. The number of carbonyl (C=O) groups is 1. The molecule has 1 aromatic heterocycles. The van der Waals surface area contributed by atoms with Crippen LogP contribution in [0.2, 0.25) is 0 Å². The monoisotopic (exact) mass is 296 g/mol. The number of nitrogens with two attached hydrogens (primary N) is 1. The topological polar surface area (TPSA) is 117 Å². The van der Waals surface area contributed by atoms with Crippen molar-refractivity contribution >= 4 is 32.5 Å². The van der Waals surface area contributed by atoms with Crippen LogP contribution in [0.25, 0.3) is 10.9 Å². The standard InChI is InChI=1S/C12H16N4O3S/c1-7(12(17)14-2)16-20(18,19)11-6-15-10-4-3-8(13)5-9(10)11/h3-7,15-16H,13H2,1-2H3,(H,14,17). The number of nitrogen functional groups attached to an aromatic ring is 1. The molecule has 1 unspecified atom stereocenters. The number of aromatic nitrogens is 1. The lowest BCUT2D eigenvalue weighted by Crippen LogP contribution is -2.43. The number of nitrogens with one attached hydrogen (secondary N) is 3. The second-order valence-corrected chi connectivity index (χ2v) is 6.10. The smallest absolute Gasteiger partial charge is 0.243 e. The van der Waals surface area contributed by atoms with Gasteiger partial charge in [-0.3, -0.25) is 4.79 Å². The van der Waals surface area contributed by atoms with E-state index in [9.17, 15) is 13.2 Å². The number of carbonyl (C=O) groups excluding carboxylic acids is 1. The number of amides is 1. The van der Waals surface area contributed by atoms with Gasteiger partial charge in [-0.1, -0.05) is 0 Å². The molecule has 7 nitrogen and oxygen atoms in total. The Hall–Kier alpha value is -2.06. The Morgan fingerprint density at radius 3 is 2.75 bits per heavy atom. The summed E-state index contributed by atoms with van der Waals surface area (Å²) in [5, 5.41) is 2.87. The summed E-state index contributed by atoms with van der Waals surface area (Å²) in [4.78, 5) is 14.3. The van der Waals surface area contributed by atoms with Crippen LogP contribution in [0.3, 0.4) is 0 Å². The number of likely N-dealkylation sites (N-methyl/N-ethyl adjacent to an activating group) is 1. The molecule has 0 aliphatic carbocycles. The minimum Gasteiger partial charge on any atom is -0.399 e. The molecule has 5 N–H and O–H groups in total. The summed E-state index contributed by atoms with van der Waals surface area (Å²) >= 11 is 0. The van der Waals surface area contributed by atoms with E-state index in [1.807, 2.05) is 0 Å². The molecule has 1 aromatic carbocycles. The molecule has 1 heterocycles. The van der Waals surface area contributed by atoms with Gasteiger partial charge in [-0.15, -0.1) is 0 Å². The molecule has 1 amide bonds. The summed E-state index contributed by atoms with van der Waals surface area (Å²) in [7, 11) is -2.37. The van der Waals surface area contributed by atoms with E-state index in [0.29, 0.717) is 16.6 Å². The van der Waals surface area contributed by atoms with Crippen LogP contribution in [-0.4, -0.2) is 32.4 Å². The van der Waals surface area contributed by atoms with Gasteiger partial charge in [0.05, 0.1) is 6.04 Å². The first-order valence-electron chi connectivity index (χ1n) is 5.95. The van der Waals surface area contributed by atoms with Gasteiger partial charge in [0.1, 0.15) is 4.90 Å². The van der Waals surface area contributed by atoms with Crippen LogP contribution in [0.1, 0.15) is 6.92 Å². The molecule has 1 atom stereocenters. The molecule has 20 heavy (non-hydrogen) atoms. The molecular weight excluding hydrogens is 280 g/mol. The molecule has 2 rings (SSSR count). The second-order valence-electron chi connectivity index (χ2n) is 4.42. The predicted octanol–water partition coefficient (Wildman–Crippen LogP) is 0.163. The Labute approximate surface area is 116 Å². The average Bonchev–Trinajstić information content (AvgIpc) is 2.80. The predicted molar refractivity (Wildman–Crippen MR) is 76.6 cm³/mol. The number of anilines is 1. The summed E-state index contributed by atoms with van der Waals surface area (Å²) in [6.45, 7) is 1.47. The highest BCUT2D eigenvalue weighted by molar-refractivity contribution is 7.89. The normalized spacial score (nSPS) is 13.3. The van der Waals surface area contributed by atoms with Gasteiger partial charge < -0.3 is 16.0 Å². The Morgan fingerprint density at radius 2 is 2.10 bits per heavy atom. The van der Waals surface area contributed by atoms with Crippen molar-refractivity contribution in [3.8, 4) is 0 Å². The quantitative estimate of drug-likeness (QED) is 0.601. The molecule has 0 bridgehead atoms. The van der Waals surface area contributed by atoms with Gasteiger partial charge in [0.2, 0.25) is 15.9 Å². The van der Waals surface area contributed by atoms with Crippen LogP contribution in [-0.2, 0) is 14.8 Å². The van der Waals surface area contributed by atoms with Gasteiger partial charge in [-0.05, 0) is 25.1 Å². The molecule has 0 spiro atoms. The van der Waals surface area contributed by atoms with Crippen molar-refractivity contribution in [1.82, 2.24) is 15.0 Å². The van der Waals surface area contributed by atoms with E-state index in [2.05, 4.69) is 15.0 Å². The zero-order chi connectivity index (χ0) is 14.9. The Balaban J connectivity index is 2.42. The second kappa shape index (κ2) is 5.14. The third-order valence-electron chi connectivity index (χ3n) is 2.93. The van der Waals surface area contributed by atoms with Crippen molar-refractivity contribution in [1.29, 1.82) is 0 Å². The highest BCUT2D eigenvalue weighted by Gasteiger charge is 2.24. The SMILES string of the molecule is CNC(=O)C(C)NS(=O)(=O)c1c[nH]c2ccc(N)cc12. The maximum atomic E-state index is 12.3. The summed E-state index contributed by atoms with van der Waals surface area (Å²) in [5.41, 5.74) is 6.80. The number of hydrogen-bond donors (Lipinski definition) is 4. The van der Waals surface area contributed by atoms with Crippen molar-refractivity contribution < 1.29 is 13.2 Å². The van der Waals surface area contributed by atoms with Gasteiger partial charge >= 0.3 is 0 Å². The minimum absolute atomic E-state index is 0.0653. The molecule has 0 aliphatic heterocycles. The number of H-pyrrole nitrogens is 1. The van der Waals surface area contributed by atoms with Crippen molar-refractivity contribution in [3.05, 3.63) is 24.4 Å². The van der Waals surface area contributed by atoms with Crippen LogP contribution < -0.4 is 15.8 Å². The minimum atomic E-state index is -3.81. The largest absolute Gasteiger partial charge is 0.399 e. The van der Waals surface area contributed by atoms with Gasteiger partial charge in [-0.2, -0.15) is 4.72 Å². The number of hydrogen-bond acceptors (Lipinski definition) is 4. The third-order valence-corrected chi connectivity index (χ3v) is 4.51. The van der Waals surface area contributed by atoms with E-state index in [1.165, 1.54) is 20.2 Å². The first kappa shape index (κ1) is 14.4. The average molecular weight is 296 g/mol. The fourth-order valence-corrected chi connectivity index (χ4v) is 3.27. The molecule has 108 valence electrons. The van der Waals surface area contributed by atoms with Crippen LogP contribution in [0.5, 0.6) is 0 Å². The van der Waals surface area contributed by atoms with Crippen LogP contribution in [0, 0.1) is 0 Å². The van der Waals surface area contributed by atoms with E-state index in [-0.39, 0.29) is 4.90 Å². The van der Waals surface area contributed by atoms with E-state index in [4.69, 9.17) is 5.73 Å². The zero-order valence-corrected chi connectivity index (χ0v) is 11.9. The molecule has 8 heteroatoms. The molecular formula is C12H16N4O3S. The van der Waals surface area contributed by atoms with Crippen molar-refractivity contribution in [2.24, 2.45) is 0 Å². The first-order valence-corrected chi connectivity index (χ1v) is 7.44. The van der Waals surface area contributed by atoms with E-state index < -0.39 is 22.0 Å². The number of aromatic amines is 1.